The van der Waals surface area contributed by atoms with Gasteiger partial charge in [0, 0.05) is 16.4 Å². The molecule has 0 saturated carbocycles. The fraction of sp³-hybridized carbons (Fsp3) is 0.625. The van der Waals surface area contributed by atoms with Gasteiger partial charge in [-0.1, -0.05) is 29.5 Å². The Kier molecular flexibility index (Phi) is 5.98. The molecule has 1 aliphatic rings. The van der Waals surface area contributed by atoms with E-state index in [0.717, 1.165) is 25.0 Å². The third-order valence-electron chi connectivity index (χ3n) is 4.03. The molecule has 0 aliphatic carbocycles. The van der Waals surface area contributed by atoms with Crippen molar-refractivity contribution in [3.8, 4) is 17.2 Å². The number of alkyl halides is 1. The highest BCUT2D eigenvalue weighted by Crippen LogP contribution is 2.45. The predicted octanol–water partition coefficient (Wildman–Crippen LogP) is 4.00. The lowest BCUT2D eigenvalue weighted by Crippen LogP contribution is -2.30. The summed E-state index contributed by atoms with van der Waals surface area (Å²) in [4.78, 5) is 0. The predicted molar refractivity (Wildman–Crippen MR) is 91.0 cm³/mol. The Hall–Kier alpha value is -0.690. The van der Waals surface area contributed by atoms with E-state index in [1.165, 1.54) is 0 Å². The molecule has 0 spiro atoms. The van der Waals surface area contributed by atoms with E-state index in [2.05, 4.69) is 29.5 Å². The van der Waals surface area contributed by atoms with Crippen LogP contribution in [0.25, 0.3) is 0 Å². The molecule has 4 nitrogen and oxygen atoms in total. The maximum absolute atomic E-state index is 6.05. The maximum atomic E-state index is 6.05. The molecular formula is C16H23IO4. The van der Waals surface area contributed by atoms with E-state index in [0.29, 0.717) is 27.1 Å². The van der Waals surface area contributed by atoms with Crippen molar-refractivity contribution in [1.82, 2.24) is 0 Å². The smallest absolute Gasteiger partial charge is 0.203 e. The second kappa shape index (κ2) is 7.54. The topological polar surface area (TPSA) is 36.9 Å². The molecule has 1 fully saturated rings. The quantitative estimate of drug-likeness (QED) is 0.547. The molecule has 0 aromatic heterocycles. The van der Waals surface area contributed by atoms with Crippen molar-refractivity contribution in [2.75, 3.05) is 27.9 Å². The number of ether oxygens (including phenoxy) is 4. The van der Waals surface area contributed by atoms with Crippen molar-refractivity contribution in [2.24, 2.45) is 5.92 Å². The fourth-order valence-corrected chi connectivity index (χ4v) is 4.05. The molecule has 0 bridgehead atoms. The second-order valence-corrected chi connectivity index (χ2v) is 6.73. The van der Waals surface area contributed by atoms with Gasteiger partial charge >= 0.3 is 0 Å². The Morgan fingerprint density at radius 1 is 1.14 bits per heavy atom. The summed E-state index contributed by atoms with van der Waals surface area (Å²) in [5, 5.41) is 0. The summed E-state index contributed by atoms with van der Waals surface area (Å²) in [6.07, 6.45) is 2.29. The Labute approximate surface area is 140 Å². The molecule has 1 heterocycles. The molecule has 21 heavy (non-hydrogen) atoms. The van der Waals surface area contributed by atoms with Crippen LogP contribution in [-0.2, 0) is 4.74 Å². The van der Waals surface area contributed by atoms with Gasteiger partial charge in [-0.25, -0.2) is 0 Å². The SMILES string of the molecule is CC[C@H]1[C@@H](I)CCO[C@H]1c1cc(OC)c(OC)c(OC)c1. The van der Waals surface area contributed by atoms with E-state index < -0.39 is 0 Å². The van der Waals surface area contributed by atoms with Gasteiger partial charge in [-0.2, -0.15) is 0 Å². The molecular weight excluding hydrogens is 383 g/mol. The lowest BCUT2D eigenvalue weighted by Gasteiger charge is -2.35. The molecule has 1 saturated heterocycles. The third kappa shape index (κ3) is 3.39. The number of rotatable bonds is 5. The molecule has 0 amide bonds. The average molecular weight is 406 g/mol. The van der Waals surface area contributed by atoms with E-state index in [1.54, 1.807) is 21.3 Å². The summed E-state index contributed by atoms with van der Waals surface area (Å²) in [7, 11) is 4.90. The van der Waals surface area contributed by atoms with Crippen molar-refractivity contribution >= 4 is 22.6 Å². The molecule has 0 unspecified atom stereocenters. The Morgan fingerprint density at radius 3 is 2.24 bits per heavy atom. The van der Waals surface area contributed by atoms with Crippen molar-refractivity contribution in [1.29, 1.82) is 0 Å². The number of halogens is 1. The zero-order valence-electron chi connectivity index (χ0n) is 13.0. The van der Waals surface area contributed by atoms with Crippen molar-refractivity contribution in [3.05, 3.63) is 17.7 Å². The zero-order valence-corrected chi connectivity index (χ0v) is 15.2. The minimum atomic E-state index is 0.0827. The Morgan fingerprint density at radius 2 is 1.76 bits per heavy atom. The number of hydrogen-bond acceptors (Lipinski definition) is 4. The highest BCUT2D eigenvalue weighted by atomic mass is 127. The minimum absolute atomic E-state index is 0.0827. The van der Waals surface area contributed by atoms with Gasteiger partial charge in [-0.3, -0.25) is 0 Å². The lowest BCUT2D eigenvalue weighted by atomic mass is 9.87. The standard InChI is InChI=1S/C16H23IO4/c1-5-11-12(17)6-7-21-15(11)10-8-13(18-2)16(20-4)14(9-10)19-3/h8-9,11-12,15H,5-7H2,1-4H3/t11-,12-,15-/m0/s1. The summed E-state index contributed by atoms with van der Waals surface area (Å²) in [5.41, 5.74) is 1.10. The third-order valence-corrected chi connectivity index (χ3v) is 5.58. The van der Waals surface area contributed by atoms with Gasteiger partial charge < -0.3 is 18.9 Å². The fourth-order valence-electron chi connectivity index (χ4n) is 2.91. The Balaban J connectivity index is 2.42. The van der Waals surface area contributed by atoms with Gasteiger partial charge in [0.2, 0.25) is 5.75 Å². The van der Waals surface area contributed by atoms with Crippen molar-refractivity contribution in [3.63, 3.8) is 0 Å². The second-order valence-electron chi connectivity index (χ2n) is 5.13. The van der Waals surface area contributed by atoms with E-state index >= 15 is 0 Å². The van der Waals surface area contributed by atoms with Gasteiger partial charge in [0.25, 0.3) is 0 Å². The maximum Gasteiger partial charge on any atom is 0.203 e. The first-order chi connectivity index (χ1) is 10.2. The molecule has 2 rings (SSSR count). The number of methoxy groups -OCH3 is 3. The van der Waals surface area contributed by atoms with E-state index in [4.69, 9.17) is 18.9 Å². The van der Waals surface area contributed by atoms with Crippen LogP contribution in [0.15, 0.2) is 12.1 Å². The first-order valence-corrected chi connectivity index (χ1v) is 8.46. The minimum Gasteiger partial charge on any atom is -0.493 e. The van der Waals surface area contributed by atoms with Crippen molar-refractivity contribution < 1.29 is 18.9 Å². The average Bonchev–Trinajstić information content (AvgIpc) is 2.52. The monoisotopic (exact) mass is 406 g/mol. The molecule has 0 N–H and O–H groups in total. The Bertz CT molecular complexity index is 452. The van der Waals surface area contributed by atoms with Crippen LogP contribution >= 0.6 is 22.6 Å². The summed E-state index contributed by atoms with van der Waals surface area (Å²) in [6, 6.07) is 4.01. The first-order valence-electron chi connectivity index (χ1n) is 7.21. The zero-order chi connectivity index (χ0) is 15.4. The molecule has 1 aromatic carbocycles. The van der Waals surface area contributed by atoms with E-state index in [-0.39, 0.29) is 6.10 Å². The van der Waals surface area contributed by atoms with Crippen LogP contribution < -0.4 is 14.2 Å². The van der Waals surface area contributed by atoms with Crippen LogP contribution in [0.4, 0.5) is 0 Å². The van der Waals surface area contributed by atoms with E-state index in [9.17, 15) is 0 Å². The highest BCUT2D eigenvalue weighted by molar-refractivity contribution is 14.1. The summed E-state index contributed by atoms with van der Waals surface area (Å²) in [5.74, 6) is 2.49. The van der Waals surface area contributed by atoms with Crippen LogP contribution in [0.2, 0.25) is 0 Å². The van der Waals surface area contributed by atoms with E-state index in [1.807, 2.05) is 12.1 Å². The first kappa shape index (κ1) is 16.7. The van der Waals surface area contributed by atoms with Gasteiger partial charge in [-0.05, 0) is 30.5 Å². The van der Waals surface area contributed by atoms with Crippen LogP contribution in [0.3, 0.4) is 0 Å². The van der Waals surface area contributed by atoms with Gasteiger partial charge in [0.05, 0.1) is 27.4 Å². The van der Waals surface area contributed by atoms with Crippen LogP contribution in [0, 0.1) is 5.92 Å². The lowest BCUT2D eigenvalue weighted by molar-refractivity contribution is -0.0232. The normalized spacial score (nSPS) is 25.5. The highest BCUT2D eigenvalue weighted by Gasteiger charge is 2.33. The number of hydrogen-bond donors (Lipinski definition) is 0. The number of benzene rings is 1. The molecule has 118 valence electrons. The largest absolute Gasteiger partial charge is 0.493 e. The molecule has 1 aromatic rings. The molecule has 5 heteroatoms. The molecule has 3 atom stereocenters. The van der Waals surface area contributed by atoms with Crippen LogP contribution in [-0.4, -0.2) is 31.9 Å². The van der Waals surface area contributed by atoms with Gasteiger partial charge in [-0.15, -0.1) is 0 Å². The van der Waals surface area contributed by atoms with Gasteiger partial charge in [0.1, 0.15) is 0 Å². The molecule has 0 radical (unpaired) electrons. The molecule has 1 aliphatic heterocycles. The van der Waals surface area contributed by atoms with Crippen LogP contribution in [0.1, 0.15) is 31.4 Å². The summed E-state index contributed by atoms with van der Waals surface area (Å²) >= 11 is 2.54. The summed E-state index contributed by atoms with van der Waals surface area (Å²) < 4.78 is 23.0. The van der Waals surface area contributed by atoms with Gasteiger partial charge in [0.15, 0.2) is 11.5 Å². The van der Waals surface area contributed by atoms with Crippen molar-refractivity contribution in [2.45, 2.75) is 29.8 Å². The summed E-state index contributed by atoms with van der Waals surface area (Å²) in [6.45, 7) is 3.02. The van der Waals surface area contributed by atoms with Crippen LogP contribution in [0.5, 0.6) is 17.2 Å².